The van der Waals surface area contributed by atoms with Crippen LogP contribution in [0.25, 0.3) is 10.9 Å². The normalized spacial score (nSPS) is 42.2. The molecule has 0 amide bonds. The summed E-state index contributed by atoms with van der Waals surface area (Å²) >= 11 is 0. The lowest BCUT2D eigenvalue weighted by Crippen LogP contribution is -2.68. The van der Waals surface area contributed by atoms with Gasteiger partial charge in [0.05, 0.1) is 25.3 Å². The van der Waals surface area contributed by atoms with Gasteiger partial charge in [-0.25, -0.2) is 0 Å². The maximum atomic E-state index is 3.84. The zero-order chi connectivity index (χ0) is 14.3. The van der Waals surface area contributed by atoms with E-state index in [-0.39, 0.29) is 0 Å². The Hall–Kier alpha value is -1.28. The van der Waals surface area contributed by atoms with E-state index < -0.39 is 0 Å². The summed E-state index contributed by atoms with van der Waals surface area (Å²) in [5.41, 5.74) is 4.65. The lowest BCUT2D eigenvalue weighted by atomic mass is 9.60. The molecule has 4 aliphatic heterocycles. The largest absolute Gasteiger partial charge is 0.353 e. The molecule has 1 aromatic heterocycles. The van der Waals surface area contributed by atoms with Gasteiger partial charge in [0.2, 0.25) is 0 Å². The van der Waals surface area contributed by atoms with Gasteiger partial charge in [0, 0.05) is 35.6 Å². The molecule has 4 bridgehead atoms. The van der Waals surface area contributed by atoms with E-state index in [1.165, 1.54) is 67.1 Å². The van der Waals surface area contributed by atoms with Crippen molar-refractivity contribution < 1.29 is 4.48 Å². The Bertz CT molecular complexity index is 744. The molecule has 4 fully saturated rings. The first-order chi connectivity index (χ1) is 10.8. The van der Waals surface area contributed by atoms with Gasteiger partial charge in [-0.05, 0) is 30.4 Å². The minimum absolute atomic E-state index is 0.784. The Morgan fingerprint density at radius 3 is 2.73 bits per heavy atom. The van der Waals surface area contributed by atoms with Gasteiger partial charge < -0.3 is 9.47 Å². The molecule has 1 aliphatic carbocycles. The predicted molar refractivity (Wildman–Crippen MR) is 88.5 cm³/mol. The minimum atomic E-state index is 0.784. The van der Waals surface area contributed by atoms with Crippen LogP contribution in [0.5, 0.6) is 0 Å². The van der Waals surface area contributed by atoms with Crippen molar-refractivity contribution in [3.05, 3.63) is 35.5 Å². The number of aromatic nitrogens is 1. The van der Waals surface area contributed by atoms with Crippen molar-refractivity contribution in [3.8, 4) is 0 Å². The second-order valence-corrected chi connectivity index (χ2v) is 8.49. The fourth-order valence-corrected chi connectivity index (χ4v) is 6.88. The van der Waals surface area contributed by atoms with Crippen molar-refractivity contribution in [2.45, 2.75) is 38.1 Å². The average Bonchev–Trinajstić information content (AvgIpc) is 2.92. The van der Waals surface area contributed by atoms with Gasteiger partial charge in [-0.3, -0.25) is 0 Å². The van der Waals surface area contributed by atoms with Crippen molar-refractivity contribution in [1.82, 2.24) is 4.98 Å². The highest BCUT2D eigenvalue weighted by Gasteiger charge is 2.59. The summed E-state index contributed by atoms with van der Waals surface area (Å²) in [6.45, 7) is 4.38. The predicted octanol–water partition coefficient (Wildman–Crippen LogP) is 4.03. The number of para-hydroxylation sites is 1. The van der Waals surface area contributed by atoms with Gasteiger partial charge in [-0.1, -0.05) is 24.6 Å². The quantitative estimate of drug-likeness (QED) is 0.706. The molecule has 5 aliphatic rings. The van der Waals surface area contributed by atoms with Crippen LogP contribution in [0.2, 0.25) is 0 Å². The molecule has 1 N–H and O–H groups in total. The second-order valence-electron chi connectivity index (χ2n) is 8.49. The number of aromatic amines is 1. The average molecular weight is 293 g/mol. The highest BCUT2D eigenvalue weighted by molar-refractivity contribution is 5.85. The molecule has 2 unspecified atom stereocenters. The van der Waals surface area contributed by atoms with Crippen molar-refractivity contribution in [2.75, 3.05) is 19.6 Å². The van der Waals surface area contributed by atoms with Crippen molar-refractivity contribution in [3.63, 3.8) is 0 Å². The zero-order valence-corrected chi connectivity index (χ0v) is 13.2. The number of fused-ring (bicyclic) bond motifs is 3. The van der Waals surface area contributed by atoms with Gasteiger partial charge >= 0.3 is 0 Å². The lowest BCUT2D eigenvalue weighted by Gasteiger charge is -2.63. The molecule has 2 nitrogen and oxygen atoms in total. The molecule has 114 valence electrons. The van der Waals surface area contributed by atoms with Crippen LogP contribution in [0, 0.1) is 17.8 Å². The van der Waals surface area contributed by atoms with Gasteiger partial charge in [0.15, 0.2) is 0 Å². The van der Waals surface area contributed by atoms with E-state index in [9.17, 15) is 0 Å². The third kappa shape index (κ3) is 1.36. The Labute approximate surface area is 132 Å². The summed E-state index contributed by atoms with van der Waals surface area (Å²) in [5, 5.41) is 1.50. The van der Waals surface area contributed by atoms with Gasteiger partial charge in [0.1, 0.15) is 6.04 Å². The Balaban J connectivity index is 1.51. The summed E-state index contributed by atoms with van der Waals surface area (Å²) in [7, 11) is 0. The first-order valence-corrected chi connectivity index (χ1v) is 9.29. The fourth-order valence-electron chi connectivity index (χ4n) is 6.88. The lowest BCUT2D eigenvalue weighted by molar-refractivity contribution is -0.983. The smallest absolute Gasteiger partial charge is 0.130 e. The SMILES string of the molecule is c1ccc2c3c([nH]c2c1)[C@@H]1CC2[C@@H]4CCC[C@H]2C[N+]1(CC3)C4. The Kier molecular flexibility index (Phi) is 2.20. The summed E-state index contributed by atoms with van der Waals surface area (Å²) in [5.74, 6) is 3.14. The summed E-state index contributed by atoms with van der Waals surface area (Å²) in [6.07, 6.45) is 7.31. The van der Waals surface area contributed by atoms with Crippen LogP contribution in [0.15, 0.2) is 24.3 Å². The molecule has 5 atom stereocenters. The molecule has 2 aromatic rings. The van der Waals surface area contributed by atoms with Crippen LogP contribution in [0.4, 0.5) is 0 Å². The van der Waals surface area contributed by atoms with Crippen molar-refractivity contribution >= 4 is 10.9 Å². The summed E-state index contributed by atoms with van der Waals surface area (Å²) in [6, 6.07) is 9.75. The third-order valence-electron chi connectivity index (χ3n) is 7.70. The number of nitrogens with zero attached hydrogens (tertiary/aromatic N) is 1. The number of benzene rings is 1. The van der Waals surface area contributed by atoms with E-state index in [2.05, 4.69) is 29.2 Å². The monoisotopic (exact) mass is 293 g/mol. The molecular weight excluding hydrogens is 268 g/mol. The summed E-state index contributed by atoms with van der Waals surface area (Å²) in [4.78, 5) is 3.84. The van der Waals surface area contributed by atoms with E-state index in [1.807, 2.05) is 0 Å². The van der Waals surface area contributed by atoms with Gasteiger partial charge in [-0.2, -0.15) is 0 Å². The van der Waals surface area contributed by atoms with E-state index in [0.717, 1.165) is 23.8 Å². The van der Waals surface area contributed by atoms with Gasteiger partial charge in [-0.15, -0.1) is 0 Å². The number of rotatable bonds is 0. The van der Waals surface area contributed by atoms with E-state index >= 15 is 0 Å². The van der Waals surface area contributed by atoms with Crippen LogP contribution >= 0.6 is 0 Å². The molecule has 2 heteroatoms. The number of piperidine rings is 3. The topological polar surface area (TPSA) is 15.8 Å². The Morgan fingerprint density at radius 2 is 1.86 bits per heavy atom. The second kappa shape index (κ2) is 3.97. The summed E-state index contributed by atoms with van der Waals surface area (Å²) < 4.78 is 1.44. The molecule has 1 spiro atoms. The standard InChI is InChI=1S/C20H25N2/c1-2-7-18-15(6-1)16-8-9-22-11-13-4-3-5-14(12-22)17(13)10-19(22)20(16)21-18/h1-2,6-7,13-14,17,19,21H,3-5,8-12H2/q+1/t13-,14+,17?,19-,22?/m0/s1. The third-order valence-corrected chi connectivity index (χ3v) is 7.70. The van der Waals surface area contributed by atoms with Crippen molar-refractivity contribution in [1.29, 1.82) is 0 Å². The maximum Gasteiger partial charge on any atom is 0.130 e. The van der Waals surface area contributed by atoms with Crippen LogP contribution in [-0.2, 0) is 6.42 Å². The number of H-pyrrole nitrogens is 1. The molecule has 1 saturated carbocycles. The number of hydrogen-bond acceptors (Lipinski definition) is 0. The van der Waals surface area contributed by atoms with Crippen LogP contribution in [0.3, 0.4) is 0 Å². The molecule has 0 radical (unpaired) electrons. The number of quaternary nitrogens is 1. The molecule has 3 saturated heterocycles. The maximum absolute atomic E-state index is 3.84. The molecule has 5 heterocycles. The first kappa shape index (κ1) is 12.2. The number of hydrogen-bond donors (Lipinski definition) is 1. The molecule has 22 heavy (non-hydrogen) atoms. The number of nitrogens with one attached hydrogen (secondary N) is 1. The highest BCUT2D eigenvalue weighted by atomic mass is 15.4. The van der Waals surface area contributed by atoms with Crippen LogP contribution in [0.1, 0.15) is 43.0 Å². The van der Waals surface area contributed by atoms with Crippen LogP contribution in [-0.4, -0.2) is 29.1 Å². The van der Waals surface area contributed by atoms with E-state index in [1.54, 1.807) is 11.3 Å². The highest BCUT2D eigenvalue weighted by Crippen LogP contribution is 2.57. The zero-order valence-electron chi connectivity index (χ0n) is 13.2. The minimum Gasteiger partial charge on any atom is -0.353 e. The van der Waals surface area contributed by atoms with Crippen LogP contribution < -0.4 is 0 Å². The van der Waals surface area contributed by atoms with E-state index in [0.29, 0.717) is 0 Å². The first-order valence-electron chi connectivity index (χ1n) is 9.29. The molecular formula is C20H25N2+. The fraction of sp³-hybridized carbons (Fsp3) is 0.600. The molecule has 1 aromatic carbocycles. The van der Waals surface area contributed by atoms with Crippen molar-refractivity contribution in [2.24, 2.45) is 17.8 Å². The van der Waals surface area contributed by atoms with Gasteiger partial charge in [0.25, 0.3) is 0 Å². The molecule has 7 rings (SSSR count). The van der Waals surface area contributed by atoms with E-state index in [4.69, 9.17) is 0 Å². The Morgan fingerprint density at radius 1 is 1.05 bits per heavy atom.